The van der Waals surface area contributed by atoms with Crippen LogP contribution < -0.4 is 5.30 Å². The van der Waals surface area contributed by atoms with E-state index in [1.54, 1.807) is 5.31 Å². The minimum Gasteiger partial charge on any atom is -0.0842 e. The molecule has 0 aromatic heterocycles. The Morgan fingerprint density at radius 1 is 1.08 bits per heavy atom. The van der Waals surface area contributed by atoms with Crippen LogP contribution in [0.1, 0.15) is 12.8 Å². The second-order valence-electron chi connectivity index (χ2n) is 3.15. The maximum absolute atomic E-state index is 2.26. The van der Waals surface area contributed by atoms with Gasteiger partial charge < -0.3 is 0 Å². The van der Waals surface area contributed by atoms with E-state index in [9.17, 15) is 0 Å². The molecule has 0 bridgehead atoms. The predicted octanol–water partition coefficient (Wildman–Crippen LogP) is 3.22. The molecule has 1 aromatic rings. The van der Waals surface area contributed by atoms with Crippen LogP contribution in [0.25, 0.3) is 0 Å². The van der Waals surface area contributed by atoms with E-state index in [0.717, 1.165) is 8.58 Å². The molecule has 2 rings (SSSR count). The monoisotopic (exact) mass is 188 g/mol. The molecule has 1 unspecified atom stereocenters. The van der Waals surface area contributed by atoms with E-state index in [1.807, 2.05) is 0 Å². The molecule has 0 N–H and O–H groups in total. The number of allylic oxidation sites excluding steroid dienone is 4. The van der Waals surface area contributed by atoms with Crippen molar-refractivity contribution in [2.45, 2.75) is 12.8 Å². The summed E-state index contributed by atoms with van der Waals surface area (Å²) in [7, 11) is 0.864. The van der Waals surface area contributed by atoms with Crippen LogP contribution in [0.4, 0.5) is 0 Å². The molecular formula is C12H13P. The van der Waals surface area contributed by atoms with Crippen LogP contribution in [0.5, 0.6) is 0 Å². The molecule has 1 aliphatic rings. The third kappa shape index (κ3) is 2.54. The lowest BCUT2D eigenvalue weighted by Gasteiger charge is -2.08. The molecule has 1 heteroatoms. The van der Waals surface area contributed by atoms with Crippen molar-refractivity contribution >= 4 is 13.9 Å². The lowest BCUT2D eigenvalue weighted by molar-refractivity contribution is 1.02. The Morgan fingerprint density at radius 3 is 2.62 bits per heavy atom. The van der Waals surface area contributed by atoms with Gasteiger partial charge in [0.15, 0.2) is 0 Å². The van der Waals surface area contributed by atoms with E-state index in [4.69, 9.17) is 0 Å². The highest BCUT2D eigenvalue weighted by Gasteiger charge is 2.00. The third-order valence-corrected chi connectivity index (χ3v) is 3.45. The van der Waals surface area contributed by atoms with E-state index in [1.165, 1.54) is 18.1 Å². The van der Waals surface area contributed by atoms with E-state index in [-0.39, 0.29) is 0 Å². The van der Waals surface area contributed by atoms with Crippen molar-refractivity contribution < 1.29 is 0 Å². The van der Waals surface area contributed by atoms with Gasteiger partial charge in [-0.1, -0.05) is 57.1 Å². The molecule has 0 spiro atoms. The first-order chi connectivity index (χ1) is 6.45. The molecule has 1 aromatic carbocycles. The van der Waals surface area contributed by atoms with Crippen molar-refractivity contribution in [3.8, 4) is 0 Å². The number of hydrogen-bond acceptors (Lipinski definition) is 0. The highest BCUT2D eigenvalue weighted by Crippen LogP contribution is 2.29. The van der Waals surface area contributed by atoms with Gasteiger partial charge in [0.25, 0.3) is 0 Å². The van der Waals surface area contributed by atoms with Crippen LogP contribution in [-0.2, 0) is 0 Å². The van der Waals surface area contributed by atoms with Crippen LogP contribution in [0.15, 0.2) is 53.9 Å². The molecule has 0 saturated heterocycles. The lowest BCUT2D eigenvalue weighted by atomic mass is 10.2. The van der Waals surface area contributed by atoms with Crippen molar-refractivity contribution in [1.82, 2.24) is 0 Å². The van der Waals surface area contributed by atoms with Gasteiger partial charge in [-0.2, -0.15) is 0 Å². The van der Waals surface area contributed by atoms with Crippen molar-refractivity contribution in [3.63, 3.8) is 0 Å². The highest BCUT2D eigenvalue weighted by molar-refractivity contribution is 7.51. The zero-order valence-corrected chi connectivity index (χ0v) is 8.53. The van der Waals surface area contributed by atoms with Gasteiger partial charge in [0, 0.05) is 0 Å². The summed E-state index contributed by atoms with van der Waals surface area (Å²) in [5.41, 5.74) is 0. The summed E-state index contributed by atoms with van der Waals surface area (Å²) in [6.07, 6.45) is 9.12. The largest absolute Gasteiger partial charge is 0.0842 e. The molecule has 0 amide bonds. The molecule has 1 atom stereocenters. The lowest BCUT2D eigenvalue weighted by Crippen LogP contribution is -1.93. The summed E-state index contributed by atoms with van der Waals surface area (Å²) in [6, 6.07) is 10.7. The zero-order valence-electron chi connectivity index (χ0n) is 7.53. The van der Waals surface area contributed by atoms with Crippen LogP contribution in [0.3, 0.4) is 0 Å². The summed E-state index contributed by atoms with van der Waals surface area (Å²) in [5, 5.41) is 3.03. The molecule has 13 heavy (non-hydrogen) atoms. The van der Waals surface area contributed by atoms with Gasteiger partial charge in [0.2, 0.25) is 0 Å². The summed E-state index contributed by atoms with van der Waals surface area (Å²) in [4.78, 5) is 0. The molecule has 66 valence electrons. The fourth-order valence-electron chi connectivity index (χ4n) is 1.41. The van der Waals surface area contributed by atoms with Crippen LogP contribution in [-0.4, -0.2) is 0 Å². The quantitative estimate of drug-likeness (QED) is 0.625. The molecule has 1 aliphatic carbocycles. The molecular weight excluding hydrogens is 175 g/mol. The van der Waals surface area contributed by atoms with Crippen molar-refractivity contribution in [1.29, 1.82) is 0 Å². The van der Waals surface area contributed by atoms with Crippen LogP contribution in [0, 0.1) is 0 Å². The molecule has 0 saturated carbocycles. The predicted molar refractivity (Wildman–Crippen MR) is 60.8 cm³/mol. The van der Waals surface area contributed by atoms with Crippen molar-refractivity contribution in [2.75, 3.05) is 0 Å². The first kappa shape index (κ1) is 8.72. The van der Waals surface area contributed by atoms with E-state index >= 15 is 0 Å². The normalized spacial score (nSPS) is 16.5. The second kappa shape index (κ2) is 4.39. The number of rotatable bonds is 2. The van der Waals surface area contributed by atoms with Crippen molar-refractivity contribution in [3.05, 3.63) is 53.9 Å². The summed E-state index contributed by atoms with van der Waals surface area (Å²) in [5.74, 6) is 0. The molecule has 0 fully saturated rings. The highest BCUT2D eigenvalue weighted by atomic mass is 31.1. The Morgan fingerprint density at radius 2 is 1.92 bits per heavy atom. The van der Waals surface area contributed by atoms with Gasteiger partial charge in [0.05, 0.1) is 0 Å². The van der Waals surface area contributed by atoms with Gasteiger partial charge in [-0.3, -0.25) is 0 Å². The van der Waals surface area contributed by atoms with Gasteiger partial charge in [-0.25, -0.2) is 0 Å². The molecule has 0 aliphatic heterocycles. The molecule has 0 radical (unpaired) electrons. The molecule has 0 heterocycles. The van der Waals surface area contributed by atoms with Crippen LogP contribution in [0.2, 0.25) is 0 Å². The zero-order chi connectivity index (χ0) is 8.93. The van der Waals surface area contributed by atoms with Crippen LogP contribution >= 0.6 is 8.58 Å². The first-order valence-electron chi connectivity index (χ1n) is 4.63. The Hall–Kier alpha value is -0.870. The number of benzene rings is 1. The fourth-order valence-corrected chi connectivity index (χ4v) is 2.59. The maximum atomic E-state index is 2.26. The van der Waals surface area contributed by atoms with E-state index in [0.29, 0.717) is 0 Å². The van der Waals surface area contributed by atoms with Gasteiger partial charge >= 0.3 is 0 Å². The Kier molecular flexibility index (Phi) is 2.94. The Bertz CT molecular complexity index is 322. The van der Waals surface area contributed by atoms with E-state index < -0.39 is 0 Å². The average molecular weight is 188 g/mol. The first-order valence-corrected chi connectivity index (χ1v) is 5.63. The number of hydrogen-bond donors (Lipinski definition) is 0. The fraction of sp³-hybridized carbons (Fsp3) is 0.167. The topological polar surface area (TPSA) is 0 Å². The van der Waals surface area contributed by atoms with Crippen molar-refractivity contribution in [2.24, 2.45) is 0 Å². The average Bonchev–Trinajstić information content (AvgIpc) is 2.21. The van der Waals surface area contributed by atoms with Gasteiger partial charge in [0.1, 0.15) is 0 Å². The summed E-state index contributed by atoms with van der Waals surface area (Å²) < 4.78 is 0. The minimum absolute atomic E-state index is 0.864. The standard InChI is InChI=1S/C12H13P/c1-3-7-11(8-4-1)13-12-9-5-2-6-10-12/h1-5,7-9,13H,6,10H2. The smallest absolute Gasteiger partial charge is 0.0230 e. The Balaban J connectivity index is 2.06. The molecule has 0 nitrogen and oxygen atoms in total. The third-order valence-electron chi connectivity index (χ3n) is 2.09. The SMILES string of the molecule is C1=CCCC(Pc2ccccc2)=C1. The minimum atomic E-state index is 0.864. The van der Waals surface area contributed by atoms with Gasteiger partial charge in [-0.05, 0) is 23.5 Å². The second-order valence-corrected chi connectivity index (χ2v) is 4.62. The Labute approximate surface area is 81.2 Å². The summed E-state index contributed by atoms with van der Waals surface area (Å²) >= 11 is 0. The summed E-state index contributed by atoms with van der Waals surface area (Å²) in [6.45, 7) is 0. The van der Waals surface area contributed by atoms with Gasteiger partial charge in [-0.15, -0.1) is 0 Å². The maximum Gasteiger partial charge on any atom is -0.0230 e. The van der Waals surface area contributed by atoms with E-state index in [2.05, 4.69) is 48.6 Å².